The molecule has 2 fully saturated rings. The summed E-state index contributed by atoms with van der Waals surface area (Å²) in [5.41, 5.74) is -3.52. The molecule has 2 aliphatic rings. The Hall–Kier alpha value is -1.77. The summed E-state index contributed by atoms with van der Waals surface area (Å²) in [5.74, 6) is -0.799. The van der Waals surface area contributed by atoms with Crippen molar-refractivity contribution in [2.45, 2.75) is 31.2 Å². The molecule has 0 N–H and O–H groups in total. The monoisotopic (exact) mass is 366 g/mol. The van der Waals surface area contributed by atoms with Gasteiger partial charge in [0.1, 0.15) is 0 Å². The normalized spacial score (nSPS) is 20.0. The van der Waals surface area contributed by atoms with E-state index in [0.717, 1.165) is 12.8 Å². The van der Waals surface area contributed by atoms with Crippen LogP contribution in [0.3, 0.4) is 0 Å². The van der Waals surface area contributed by atoms with E-state index in [2.05, 4.69) is 4.90 Å². The summed E-state index contributed by atoms with van der Waals surface area (Å²) in [6.45, 7) is 1.77. The molecule has 1 aliphatic carbocycles. The molecule has 1 aromatic rings. The lowest BCUT2D eigenvalue weighted by atomic mass is 10.0. The van der Waals surface area contributed by atoms with Crippen LogP contribution in [0.2, 0.25) is 0 Å². The molecular formula is C16H16F6N2O. The second-order valence-corrected chi connectivity index (χ2v) is 6.35. The van der Waals surface area contributed by atoms with Gasteiger partial charge < -0.3 is 4.90 Å². The van der Waals surface area contributed by atoms with Gasteiger partial charge in [-0.05, 0) is 31.0 Å². The Morgan fingerprint density at radius 3 is 1.72 bits per heavy atom. The highest BCUT2D eigenvalue weighted by molar-refractivity contribution is 5.94. The van der Waals surface area contributed by atoms with Gasteiger partial charge in [0.15, 0.2) is 0 Å². The van der Waals surface area contributed by atoms with E-state index < -0.39 is 35.0 Å². The van der Waals surface area contributed by atoms with Gasteiger partial charge >= 0.3 is 12.4 Å². The minimum Gasteiger partial charge on any atom is -0.336 e. The van der Waals surface area contributed by atoms with Crippen LogP contribution in [0.25, 0.3) is 0 Å². The first kappa shape index (κ1) is 18.0. The van der Waals surface area contributed by atoms with Crippen LogP contribution in [-0.4, -0.2) is 47.9 Å². The highest BCUT2D eigenvalue weighted by atomic mass is 19.4. The molecule has 3 rings (SSSR count). The van der Waals surface area contributed by atoms with Crippen molar-refractivity contribution in [3.05, 3.63) is 34.9 Å². The van der Waals surface area contributed by atoms with E-state index in [1.807, 2.05) is 0 Å². The van der Waals surface area contributed by atoms with E-state index in [4.69, 9.17) is 0 Å². The number of benzene rings is 1. The van der Waals surface area contributed by atoms with Gasteiger partial charge in [0, 0.05) is 37.8 Å². The van der Waals surface area contributed by atoms with E-state index >= 15 is 0 Å². The van der Waals surface area contributed by atoms with E-state index in [-0.39, 0.29) is 6.07 Å². The average Bonchev–Trinajstić information content (AvgIpc) is 3.37. The molecule has 0 atom stereocenters. The van der Waals surface area contributed by atoms with Crippen LogP contribution in [0.5, 0.6) is 0 Å². The van der Waals surface area contributed by atoms with Gasteiger partial charge in [0.2, 0.25) is 0 Å². The van der Waals surface area contributed by atoms with Crippen molar-refractivity contribution >= 4 is 5.91 Å². The Morgan fingerprint density at radius 1 is 0.840 bits per heavy atom. The lowest BCUT2D eigenvalue weighted by molar-refractivity contribution is -0.143. The molecule has 1 saturated heterocycles. The first-order valence-electron chi connectivity index (χ1n) is 7.88. The zero-order valence-corrected chi connectivity index (χ0v) is 13.1. The second-order valence-electron chi connectivity index (χ2n) is 6.35. The van der Waals surface area contributed by atoms with Crippen LogP contribution in [0.15, 0.2) is 18.2 Å². The Labute approximate surface area is 140 Å². The number of carbonyl (C=O) groups excluding carboxylic acids is 1. The number of piperazine rings is 1. The number of amides is 1. The number of hydrogen-bond donors (Lipinski definition) is 0. The largest absolute Gasteiger partial charge is 0.416 e. The zero-order valence-electron chi connectivity index (χ0n) is 13.1. The summed E-state index contributed by atoms with van der Waals surface area (Å²) in [5, 5.41) is 0. The van der Waals surface area contributed by atoms with Crippen LogP contribution in [0, 0.1) is 0 Å². The molecular weight excluding hydrogens is 350 g/mol. The fourth-order valence-electron chi connectivity index (χ4n) is 2.99. The fraction of sp³-hybridized carbons (Fsp3) is 0.562. The van der Waals surface area contributed by atoms with E-state index in [1.165, 1.54) is 4.90 Å². The highest BCUT2D eigenvalue weighted by Gasteiger charge is 2.38. The van der Waals surface area contributed by atoms with Gasteiger partial charge in [-0.25, -0.2) is 0 Å². The number of hydrogen-bond acceptors (Lipinski definition) is 2. The second kappa shape index (κ2) is 6.19. The molecule has 9 heteroatoms. The summed E-state index contributed by atoms with van der Waals surface area (Å²) in [6, 6.07) is 1.51. The first-order chi connectivity index (χ1) is 11.6. The van der Waals surface area contributed by atoms with Crippen molar-refractivity contribution in [1.29, 1.82) is 0 Å². The Morgan fingerprint density at radius 2 is 1.32 bits per heavy atom. The summed E-state index contributed by atoms with van der Waals surface area (Å²) in [7, 11) is 0. The van der Waals surface area contributed by atoms with Crippen LogP contribution < -0.4 is 0 Å². The third kappa shape index (κ3) is 4.08. The molecule has 0 unspecified atom stereocenters. The molecule has 3 nitrogen and oxygen atoms in total. The maximum atomic E-state index is 12.9. The van der Waals surface area contributed by atoms with E-state index in [9.17, 15) is 31.1 Å². The molecule has 1 aromatic carbocycles. The van der Waals surface area contributed by atoms with Crippen molar-refractivity contribution in [2.24, 2.45) is 0 Å². The Bertz CT molecular complexity index is 625. The van der Waals surface area contributed by atoms with Gasteiger partial charge in [0.25, 0.3) is 5.91 Å². The Kier molecular flexibility index (Phi) is 4.47. The summed E-state index contributed by atoms with van der Waals surface area (Å²) < 4.78 is 77.3. The van der Waals surface area contributed by atoms with Crippen LogP contribution >= 0.6 is 0 Å². The highest BCUT2D eigenvalue weighted by Crippen LogP contribution is 2.36. The zero-order chi connectivity index (χ0) is 18.4. The number of halogens is 6. The van der Waals surface area contributed by atoms with Crippen molar-refractivity contribution in [2.75, 3.05) is 26.2 Å². The van der Waals surface area contributed by atoms with Crippen molar-refractivity contribution in [3.8, 4) is 0 Å². The number of alkyl halides is 6. The van der Waals surface area contributed by atoms with Gasteiger partial charge in [0.05, 0.1) is 11.1 Å². The van der Waals surface area contributed by atoms with Crippen molar-refractivity contribution in [3.63, 3.8) is 0 Å². The van der Waals surface area contributed by atoms with Gasteiger partial charge in [-0.3, -0.25) is 9.69 Å². The smallest absolute Gasteiger partial charge is 0.336 e. The number of nitrogens with zero attached hydrogens (tertiary/aromatic N) is 2. The van der Waals surface area contributed by atoms with Crippen LogP contribution in [-0.2, 0) is 12.4 Å². The van der Waals surface area contributed by atoms with Crippen molar-refractivity contribution < 1.29 is 31.1 Å². The molecule has 1 amide bonds. The minimum absolute atomic E-state index is 0.0296. The first-order valence-corrected chi connectivity index (χ1v) is 7.88. The van der Waals surface area contributed by atoms with E-state index in [1.54, 1.807) is 0 Å². The molecule has 0 bridgehead atoms. The predicted octanol–water partition coefficient (Wildman–Crippen LogP) is 3.64. The minimum atomic E-state index is -4.96. The lowest BCUT2D eigenvalue weighted by Crippen LogP contribution is -2.49. The third-order valence-corrected chi connectivity index (χ3v) is 4.50. The molecule has 1 saturated carbocycles. The maximum absolute atomic E-state index is 12.9. The number of rotatable bonds is 2. The van der Waals surface area contributed by atoms with Crippen LogP contribution in [0.1, 0.15) is 34.3 Å². The molecule has 1 heterocycles. The summed E-state index contributed by atoms with van der Waals surface area (Å²) >= 11 is 0. The Balaban J connectivity index is 1.83. The molecule has 0 radical (unpaired) electrons. The molecule has 0 aromatic heterocycles. The predicted molar refractivity (Wildman–Crippen MR) is 76.9 cm³/mol. The topological polar surface area (TPSA) is 23.6 Å². The molecule has 25 heavy (non-hydrogen) atoms. The molecule has 0 spiro atoms. The van der Waals surface area contributed by atoms with Gasteiger partial charge in [-0.15, -0.1) is 0 Å². The maximum Gasteiger partial charge on any atom is 0.416 e. The quantitative estimate of drug-likeness (QED) is 0.746. The van der Waals surface area contributed by atoms with E-state index in [0.29, 0.717) is 44.4 Å². The SMILES string of the molecule is O=C(c1cc(C(F)(F)F)cc(C(F)(F)F)c1)N1CCN(C2CC2)CC1. The summed E-state index contributed by atoms with van der Waals surface area (Å²) in [6.07, 6.45) is -7.73. The standard InChI is InChI=1S/C16H16F6N2O/c17-15(18,19)11-7-10(8-12(9-11)16(20,21)22)14(25)24-5-3-23(4-6-24)13-1-2-13/h7-9,13H,1-6H2. The fourth-order valence-corrected chi connectivity index (χ4v) is 2.99. The summed E-state index contributed by atoms with van der Waals surface area (Å²) in [4.78, 5) is 15.9. The number of carbonyl (C=O) groups is 1. The van der Waals surface area contributed by atoms with Gasteiger partial charge in [-0.1, -0.05) is 0 Å². The third-order valence-electron chi connectivity index (χ3n) is 4.50. The lowest BCUT2D eigenvalue weighted by Gasteiger charge is -2.35. The van der Waals surface area contributed by atoms with Crippen LogP contribution in [0.4, 0.5) is 26.3 Å². The average molecular weight is 366 g/mol. The van der Waals surface area contributed by atoms with Gasteiger partial charge in [-0.2, -0.15) is 26.3 Å². The molecule has 1 aliphatic heterocycles. The van der Waals surface area contributed by atoms with Crippen molar-refractivity contribution in [1.82, 2.24) is 9.80 Å². The molecule has 138 valence electrons.